The predicted octanol–water partition coefficient (Wildman–Crippen LogP) is 1.88. The molecule has 3 heteroatoms. The van der Waals surface area contributed by atoms with Gasteiger partial charge in [0.1, 0.15) is 0 Å². The van der Waals surface area contributed by atoms with Crippen molar-refractivity contribution in [1.82, 2.24) is 10.2 Å². The summed E-state index contributed by atoms with van der Waals surface area (Å²) >= 11 is 0. The van der Waals surface area contributed by atoms with Gasteiger partial charge in [0, 0.05) is 36.7 Å². The van der Waals surface area contributed by atoms with E-state index in [-0.39, 0.29) is 5.54 Å². The van der Waals surface area contributed by atoms with Crippen LogP contribution in [0, 0.1) is 5.41 Å². The molecule has 3 nitrogen and oxygen atoms in total. The van der Waals surface area contributed by atoms with Crippen LogP contribution < -0.4 is 5.32 Å². The van der Waals surface area contributed by atoms with Gasteiger partial charge in [0.05, 0.1) is 6.61 Å². The summed E-state index contributed by atoms with van der Waals surface area (Å²) in [6, 6.07) is 0.849. The van der Waals surface area contributed by atoms with E-state index in [9.17, 15) is 0 Å². The third kappa shape index (κ3) is 3.94. The fourth-order valence-corrected chi connectivity index (χ4v) is 2.60. The molecule has 17 heavy (non-hydrogen) atoms. The van der Waals surface area contributed by atoms with Crippen molar-refractivity contribution in [3.63, 3.8) is 0 Å². The highest BCUT2D eigenvalue weighted by Crippen LogP contribution is 2.33. The Morgan fingerprint density at radius 1 is 1.35 bits per heavy atom. The Morgan fingerprint density at radius 3 is 2.53 bits per heavy atom. The van der Waals surface area contributed by atoms with E-state index in [2.05, 4.69) is 38.0 Å². The lowest BCUT2D eigenvalue weighted by Gasteiger charge is -2.35. The molecule has 2 rings (SSSR count). The van der Waals surface area contributed by atoms with Gasteiger partial charge in [0.2, 0.25) is 0 Å². The first-order valence-electron chi connectivity index (χ1n) is 6.93. The van der Waals surface area contributed by atoms with E-state index < -0.39 is 0 Å². The highest BCUT2D eigenvalue weighted by Gasteiger charge is 2.39. The summed E-state index contributed by atoms with van der Waals surface area (Å²) in [5.74, 6) is 0. The van der Waals surface area contributed by atoms with Crippen LogP contribution in [0.25, 0.3) is 0 Å². The van der Waals surface area contributed by atoms with Gasteiger partial charge in [-0.2, -0.15) is 0 Å². The van der Waals surface area contributed by atoms with Gasteiger partial charge in [-0.15, -0.1) is 0 Å². The maximum Gasteiger partial charge on any atom is 0.0547 e. The largest absolute Gasteiger partial charge is 0.381 e. The van der Waals surface area contributed by atoms with E-state index >= 15 is 0 Å². The lowest BCUT2D eigenvalue weighted by molar-refractivity contribution is 0.110. The van der Waals surface area contributed by atoms with Gasteiger partial charge in [-0.1, -0.05) is 0 Å². The number of hydrogen-bond acceptors (Lipinski definition) is 3. The van der Waals surface area contributed by atoms with Crippen molar-refractivity contribution in [1.29, 1.82) is 0 Å². The van der Waals surface area contributed by atoms with E-state index in [0.717, 1.165) is 25.8 Å². The first kappa shape index (κ1) is 13.3. The maximum atomic E-state index is 5.66. The molecule has 1 unspecified atom stereocenters. The first-order valence-corrected chi connectivity index (χ1v) is 6.93. The Balaban J connectivity index is 1.89. The summed E-state index contributed by atoms with van der Waals surface area (Å²) in [5, 5.41) is 3.66. The van der Waals surface area contributed by atoms with E-state index in [1.54, 1.807) is 0 Å². The molecule has 0 spiro atoms. The summed E-state index contributed by atoms with van der Waals surface area (Å²) in [5.41, 5.74) is 0.540. The average Bonchev–Trinajstić information content (AvgIpc) is 2.98. The third-order valence-corrected chi connectivity index (χ3v) is 3.93. The Bertz CT molecular complexity index is 249. The second-order valence-corrected chi connectivity index (χ2v) is 7.05. The van der Waals surface area contributed by atoms with Gasteiger partial charge >= 0.3 is 0 Å². The molecule has 0 radical (unpaired) electrons. The molecule has 2 fully saturated rings. The zero-order valence-electron chi connectivity index (χ0n) is 11.9. The predicted molar refractivity (Wildman–Crippen MR) is 71.3 cm³/mol. The van der Waals surface area contributed by atoms with E-state index in [1.807, 2.05) is 0 Å². The molecule has 1 saturated carbocycles. The summed E-state index contributed by atoms with van der Waals surface area (Å²) in [4.78, 5) is 2.54. The normalized spacial score (nSPS) is 30.2. The fourth-order valence-electron chi connectivity index (χ4n) is 2.60. The van der Waals surface area contributed by atoms with Crippen molar-refractivity contribution in [3.8, 4) is 0 Å². The molecule has 2 aliphatic rings. The Labute approximate surface area is 106 Å². The highest BCUT2D eigenvalue weighted by molar-refractivity contribution is 4.93. The number of rotatable bonds is 5. The van der Waals surface area contributed by atoms with Crippen LogP contribution in [0.15, 0.2) is 0 Å². The zero-order chi connectivity index (χ0) is 12.5. The second-order valence-electron chi connectivity index (χ2n) is 7.05. The van der Waals surface area contributed by atoms with Crippen molar-refractivity contribution in [2.45, 2.75) is 51.6 Å². The molecular formula is C14H28N2O. The van der Waals surface area contributed by atoms with Crippen LogP contribution in [0.2, 0.25) is 0 Å². The molecule has 1 aliphatic carbocycles. The minimum absolute atomic E-state index is 0.202. The number of ether oxygens (including phenoxy) is 1. The number of hydrogen-bond donors (Lipinski definition) is 1. The monoisotopic (exact) mass is 240 g/mol. The fraction of sp³-hybridized carbons (Fsp3) is 1.00. The minimum atomic E-state index is 0.202. The van der Waals surface area contributed by atoms with Crippen molar-refractivity contribution >= 4 is 0 Å². The van der Waals surface area contributed by atoms with Crippen LogP contribution in [-0.2, 0) is 4.74 Å². The SMILES string of the molecule is CN(CC1(CNC(C)(C)C)CCOC1)C1CC1. The summed E-state index contributed by atoms with van der Waals surface area (Å²) < 4.78 is 5.66. The summed E-state index contributed by atoms with van der Waals surface area (Å²) in [7, 11) is 2.27. The van der Waals surface area contributed by atoms with Crippen LogP contribution in [0.1, 0.15) is 40.0 Å². The molecule has 1 aliphatic heterocycles. The molecule has 0 aromatic carbocycles. The molecule has 1 N–H and O–H groups in total. The summed E-state index contributed by atoms with van der Waals surface area (Å²) in [6.45, 7) is 10.8. The molecule has 0 bridgehead atoms. The lowest BCUT2D eigenvalue weighted by Crippen LogP contribution is -2.49. The molecule has 0 aromatic rings. The van der Waals surface area contributed by atoms with E-state index in [0.29, 0.717) is 5.41 Å². The van der Waals surface area contributed by atoms with Crippen LogP contribution in [0.5, 0.6) is 0 Å². The molecule has 1 atom stereocenters. The average molecular weight is 240 g/mol. The molecule has 1 heterocycles. The van der Waals surface area contributed by atoms with Crippen molar-refractivity contribution in [3.05, 3.63) is 0 Å². The molecule has 0 aromatic heterocycles. The quantitative estimate of drug-likeness (QED) is 0.794. The van der Waals surface area contributed by atoms with Gasteiger partial charge in [-0.05, 0) is 47.1 Å². The van der Waals surface area contributed by atoms with Gasteiger partial charge in [0.25, 0.3) is 0 Å². The minimum Gasteiger partial charge on any atom is -0.381 e. The lowest BCUT2D eigenvalue weighted by atomic mass is 9.85. The summed E-state index contributed by atoms with van der Waals surface area (Å²) in [6.07, 6.45) is 3.98. The van der Waals surface area contributed by atoms with Crippen LogP contribution >= 0.6 is 0 Å². The van der Waals surface area contributed by atoms with Crippen molar-refractivity contribution in [2.24, 2.45) is 5.41 Å². The first-order chi connectivity index (χ1) is 7.90. The zero-order valence-corrected chi connectivity index (χ0v) is 11.9. The Hall–Kier alpha value is -0.120. The highest BCUT2D eigenvalue weighted by atomic mass is 16.5. The third-order valence-electron chi connectivity index (χ3n) is 3.93. The van der Waals surface area contributed by atoms with Crippen molar-refractivity contribution < 1.29 is 4.74 Å². The maximum absolute atomic E-state index is 5.66. The molecule has 100 valence electrons. The van der Waals surface area contributed by atoms with Gasteiger partial charge in [-0.25, -0.2) is 0 Å². The van der Waals surface area contributed by atoms with Crippen LogP contribution in [0.3, 0.4) is 0 Å². The Morgan fingerprint density at radius 2 is 2.06 bits per heavy atom. The molecule has 1 saturated heterocycles. The standard InChI is InChI=1S/C14H28N2O/c1-13(2,3)15-9-14(7-8-17-11-14)10-16(4)12-5-6-12/h12,15H,5-11H2,1-4H3. The topological polar surface area (TPSA) is 24.5 Å². The second kappa shape index (κ2) is 4.87. The molecule has 0 amide bonds. The van der Waals surface area contributed by atoms with E-state index in [1.165, 1.54) is 25.8 Å². The van der Waals surface area contributed by atoms with E-state index in [4.69, 9.17) is 4.74 Å². The number of nitrogens with one attached hydrogen (secondary N) is 1. The van der Waals surface area contributed by atoms with Crippen molar-refractivity contribution in [2.75, 3.05) is 33.4 Å². The van der Waals surface area contributed by atoms with Crippen LogP contribution in [0.4, 0.5) is 0 Å². The Kier molecular flexibility index (Phi) is 3.81. The molecular weight excluding hydrogens is 212 g/mol. The smallest absolute Gasteiger partial charge is 0.0547 e. The van der Waals surface area contributed by atoms with Gasteiger partial charge < -0.3 is 15.0 Å². The van der Waals surface area contributed by atoms with Crippen LogP contribution in [-0.4, -0.2) is 49.8 Å². The van der Waals surface area contributed by atoms with Gasteiger partial charge in [-0.3, -0.25) is 0 Å². The van der Waals surface area contributed by atoms with Gasteiger partial charge in [0.15, 0.2) is 0 Å². The number of nitrogens with zero attached hydrogens (tertiary/aromatic N) is 1.